The Morgan fingerprint density at radius 2 is 1.81 bits per heavy atom. The Kier molecular flexibility index (Phi) is 5.14. The lowest BCUT2D eigenvalue weighted by molar-refractivity contribution is 0.606. The molecule has 1 heterocycles. The van der Waals surface area contributed by atoms with Crippen LogP contribution in [0.25, 0.3) is 0 Å². The van der Waals surface area contributed by atoms with Crippen LogP contribution in [-0.4, -0.2) is 16.5 Å². The molecule has 0 radical (unpaired) electrons. The molecule has 0 saturated carbocycles. The predicted octanol–water partition coefficient (Wildman–Crippen LogP) is 4.30. The summed E-state index contributed by atoms with van der Waals surface area (Å²) in [7, 11) is 0. The number of hydrogen-bond acceptors (Lipinski definition) is 4. The van der Waals surface area contributed by atoms with Gasteiger partial charge in [0.25, 0.3) is 0 Å². The summed E-state index contributed by atoms with van der Waals surface area (Å²) in [5.74, 6) is 2.36. The van der Waals surface area contributed by atoms with E-state index in [1.54, 1.807) is 6.33 Å². The first-order valence-corrected chi connectivity index (χ1v) is 7.45. The molecule has 0 aliphatic rings. The van der Waals surface area contributed by atoms with Crippen molar-refractivity contribution in [3.8, 4) is 0 Å². The Morgan fingerprint density at radius 3 is 2.52 bits per heavy atom. The molecule has 1 aromatic heterocycles. The van der Waals surface area contributed by atoms with Crippen LogP contribution in [0.15, 0.2) is 30.6 Å². The van der Waals surface area contributed by atoms with E-state index in [2.05, 4.69) is 66.5 Å². The molecule has 0 atom stereocenters. The molecule has 0 aliphatic heterocycles. The third-order valence-electron chi connectivity index (χ3n) is 3.34. The van der Waals surface area contributed by atoms with Crippen LogP contribution in [0.4, 0.5) is 17.3 Å². The molecule has 112 valence electrons. The zero-order valence-electron chi connectivity index (χ0n) is 13.3. The molecule has 0 spiro atoms. The summed E-state index contributed by atoms with van der Waals surface area (Å²) in [4.78, 5) is 8.53. The molecule has 0 amide bonds. The first-order valence-electron chi connectivity index (χ1n) is 7.45. The van der Waals surface area contributed by atoms with Crippen molar-refractivity contribution in [1.29, 1.82) is 0 Å². The Balaban J connectivity index is 2.03. The maximum Gasteiger partial charge on any atom is 0.135 e. The Labute approximate surface area is 127 Å². The van der Waals surface area contributed by atoms with Crippen LogP contribution in [0, 0.1) is 19.8 Å². The summed E-state index contributed by atoms with van der Waals surface area (Å²) in [6, 6.07) is 8.28. The minimum atomic E-state index is 0.687. The maximum absolute atomic E-state index is 4.28. The van der Waals surface area contributed by atoms with Crippen LogP contribution in [0.5, 0.6) is 0 Å². The molecule has 2 aromatic rings. The van der Waals surface area contributed by atoms with Crippen LogP contribution >= 0.6 is 0 Å². The van der Waals surface area contributed by atoms with Crippen molar-refractivity contribution in [3.63, 3.8) is 0 Å². The van der Waals surface area contributed by atoms with E-state index in [1.807, 2.05) is 6.07 Å². The zero-order valence-corrected chi connectivity index (χ0v) is 13.3. The number of nitrogens with one attached hydrogen (secondary N) is 2. The second-order valence-electron chi connectivity index (χ2n) is 5.84. The number of benzene rings is 1. The van der Waals surface area contributed by atoms with Gasteiger partial charge >= 0.3 is 0 Å². The van der Waals surface area contributed by atoms with Gasteiger partial charge in [0, 0.05) is 18.3 Å². The first kappa shape index (κ1) is 15.3. The molecule has 21 heavy (non-hydrogen) atoms. The summed E-state index contributed by atoms with van der Waals surface area (Å²) in [6.07, 6.45) is 2.72. The molecule has 0 unspecified atom stereocenters. The third-order valence-corrected chi connectivity index (χ3v) is 3.34. The van der Waals surface area contributed by atoms with Crippen LogP contribution < -0.4 is 10.6 Å². The Hall–Kier alpha value is -2.10. The van der Waals surface area contributed by atoms with Gasteiger partial charge in [-0.2, -0.15) is 0 Å². The second kappa shape index (κ2) is 7.07. The van der Waals surface area contributed by atoms with Gasteiger partial charge in [0.1, 0.15) is 18.0 Å². The maximum atomic E-state index is 4.28. The Bertz CT molecular complexity index is 593. The molecule has 0 aliphatic carbocycles. The van der Waals surface area contributed by atoms with Gasteiger partial charge in [-0.1, -0.05) is 31.5 Å². The fourth-order valence-corrected chi connectivity index (χ4v) is 2.10. The fraction of sp³-hybridized carbons (Fsp3) is 0.412. The van der Waals surface area contributed by atoms with Gasteiger partial charge in [-0.3, -0.25) is 0 Å². The molecule has 4 nitrogen and oxygen atoms in total. The van der Waals surface area contributed by atoms with E-state index in [-0.39, 0.29) is 0 Å². The number of rotatable bonds is 6. The number of anilines is 3. The highest BCUT2D eigenvalue weighted by Crippen LogP contribution is 2.21. The van der Waals surface area contributed by atoms with Gasteiger partial charge < -0.3 is 10.6 Å². The molecule has 4 heteroatoms. The average molecular weight is 284 g/mol. The standard InChI is InChI=1S/C17H24N4/c1-12(2)7-8-18-16-10-17(20-11-19-16)21-15-6-5-13(3)9-14(15)4/h5-6,9-12H,7-8H2,1-4H3,(H2,18,19,20,21). The van der Waals surface area contributed by atoms with Crippen molar-refractivity contribution in [2.24, 2.45) is 5.92 Å². The largest absolute Gasteiger partial charge is 0.370 e. The lowest BCUT2D eigenvalue weighted by Gasteiger charge is -2.11. The normalized spacial score (nSPS) is 10.7. The SMILES string of the molecule is Cc1ccc(Nc2cc(NCCC(C)C)ncn2)c(C)c1. The highest BCUT2D eigenvalue weighted by Gasteiger charge is 2.02. The highest BCUT2D eigenvalue weighted by molar-refractivity contribution is 5.62. The summed E-state index contributed by atoms with van der Waals surface area (Å²) >= 11 is 0. The van der Waals surface area contributed by atoms with Crippen LogP contribution in [0.3, 0.4) is 0 Å². The molecule has 0 fully saturated rings. The van der Waals surface area contributed by atoms with Crippen LogP contribution in [-0.2, 0) is 0 Å². The zero-order chi connectivity index (χ0) is 15.2. The topological polar surface area (TPSA) is 49.8 Å². The Morgan fingerprint density at radius 1 is 1.05 bits per heavy atom. The van der Waals surface area contributed by atoms with E-state index in [0.29, 0.717) is 5.92 Å². The van der Waals surface area contributed by atoms with Crippen LogP contribution in [0.1, 0.15) is 31.4 Å². The van der Waals surface area contributed by atoms with Gasteiger partial charge in [0.05, 0.1) is 0 Å². The lowest BCUT2D eigenvalue weighted by atomic mass is 10.1. The number of aromatic nitrogens is 2. The van der Waals surface area contributed by atoms with Crippen molar-refractivity contribution in [2.45, 2.75) is 34.1 Å². The second-order valence-corrected chi connectivity index (χ2v) is 5.84. The molecule has 1 aromatic carbocycles. The van der Waals surface area contributed by atoms with E-state index in [9.17, 15) is 0 Å². The summed E-state index contributed by atoms with van der Waals surface area (Å²) in [5.41, 5.74) is 3.55. The van der Waals surface area contributed by atoms with Crippen molar-refractivity contribution in [3.05, 3.63) is 41.7 Å². The summed E-state index contributed by atoms with van der Waals surface area (Å²) in [5, 5.41) is 6.68. The van der Waals surface area contributed by atoms with E-state index in [1.165, 1.54) is 11.1 Å². The average Bonchev–Trinajstić information content (AvgIpc) is 2.42. The first-order chi connectivity index (χ1) is 10.0. The number of nitrogens with zero attached hydrogens (tertiary/aromatic N) is 2. The van der Waals surface area contributed by atoms with Crippen molar-refractivity contribution in [1.82, 2.24) is 9.97 Å². The minimum Gasteiger partial charge on any atom is -0.370 e. The van der Waals surface area contributed by atoms with E-state index in [0.717, 1.165) is 30.3 Å². The lowest BCUT2D eigenvalue weighted by Crippen LogP contribution is -2.07. The van der Waals surface area contributed by atoms with Crippen LogP contribution in [0.2, 0.25) is 0 Å². The van der Waals surface area contributed by atoms with Crippen molar-refractivity contribution in [2.75, 3.05) is 17.2 Å². The molecule has 0 saturated heterocycles. The monoisotopic (exact) mass is 284 g/mol. The number of aryl methyl sites for hydroxylation is 2. The molecular weight excluding hydrogens is 260 g/mol. The van der Waals surface area contributed by atoms with E-state index in [4.69, 9.17) is 0 Å². The van der Waals surface area contributed by atoms with Gasteiger partial charge in [-0.15, -0.1) is 0 Å². The van der Waals surface area contributed by atoms with Gasteiger partial charge in [-0.05, 0) is 37.8 Å². The van der Waals surface area contributed by atoms with Crippen molar-refractivity contribution < 1.29 is 0 Å². The van der Waals surface area contributed by atoms with E-state index >= 15 is 0 Å². The van der Waals surface area contributed by atoms with Gasteiger partial charge in [-0.25, -0.2) is 9.97 Å². The highest BCUT2D eigenvalue weighted by atomic mass is 15.1. The van der Waals surface area contributed by atoms with Gasteiger partial charge in [0.2, 0.25) is 0 Å². The van der Waals surface area contributed by atoms with Gasteiger partial charge in [0.15, 0.2) is 0 Å². The number of hydrogen-bond donors (Lipinski definition) is 2. The fourth-order valence-electron chi connectivity index (χ4n) is 2.10. The van der Waals surface area contributed by atoms with Crippen molar-refractivity contribution >= 4 is 17.3 Å². The smallest absolute Gasteiger partial charge is 0.135 e. The predicted molar refractivity (Wildman–Crippen MR) is 89.2 cm³/mol. The molecule has 2 N–H and O–H groups in total. The minimum absolute atomic E-state index is 0.687. The molecular formula is C17H24N4. The third kappa shape index (κ3) is 4.74. The quantitative estimate of drug-likeness (QED) is 0.830. The van der Waals surface area contributed by atoms with E-state index < -0.39 is 0 Å². The summed E-state index contributed by atoms with van der Waals surface area (Å²) < 4.78 is 0. The molecule has 0 bridgehead atoms. The molecule has 2 rings (SSSR count). The summed E-state index contributed by atoms with van der Waals surface area (Å²) in [6.45, 7) is 9.55.